The first-order valence-corrected chi connectivity index (χ1v) is 9.49. The molecule has 6 nitrogen and oxygen atoms in total. The molecule has 1 saturated carbocycles. The van der Waals surface area contributed by atoms with Gasteiger partial charge in [-0.2, -0.15) is 0 Å². The van der Waals surface area contributed by atoms with Crippen LogP contribution in [0.2, 0.25) is 0 Å². The average Bonchev–Trinajstić information content (AvgIpc) is 3.36. The van der Waals surface area contributed by atoms with E-state index in [9.17, 15) is 9.18 Å². The van der Waals surface area contributed by atoms with E-state index in [1.807, 2.05) is 33.8 Å². The highest BCUT2D eigenvalue weighted by Gasteiger charge is 2.44. The Morgan fingerprint density at radius 3 is 2.46 bits per heavy atom. The van der Waals surface area contributed by atoms with E-state index in [1.165, 1.54) is 6.07 Å². The number of carbonyl (C=O) groups excluding carboxylic acids is 1. The summed E-state index contributed by atoms with van der Waals surface area (Å²) in [6, 6.07) is 6.79. The minimum absolute atomic E-state index is 0. The molecule has 0 bridgehead atoms. The molecule has 0 radical (unpaired) electrons. The van der Waals surface area contributed by atoms with Gasteiger partial charge in [0.2, 0.25) is 0 Å². The summed E-state index contributed by atoms with van der Waals surface area (Å²) >= 11 is 0. The number of hydrogen-bond acceptors (Lipinski definition) is 3. The number of ether oxygens (including phenoxy) is 1. The lowest BCUT2D eigenvalue weighted by Crippen LogP contribution is -2.42. The number of rotatable bonds is 7. The first-order valence-electron chi connectivity index (χ1n) is 9.49. The molecular formula is C20H32FIN4O2. The van der Waals surface area contributed by atoms with E-state index < -0.39 is 11.7 Å². The molecule has 158 valence electrons. The van der Waals surface area contributed by atoms with Gasteiger partial charge in [0.1, 0.15) is 11.4 Å². The molecule has 2 rings (SSSR count). The van der Waals surface area contributed by atoms with E-state index in [-0.39, 0.29) is 35.2 Å². The van der Waals surface area contributed by atoms with Gasteiger partial charge in [0.05, 0.1) is 6.54 Å². The third-order valence-corrected chi connectivity index (χ3v) is 4.26. The fraction of sp³-hybridized carbons (Fsp3) is 0.600. The van der Waals surface area contributed by atoms with Crippen molar-refractivity contribution >= 4 is 36.0 Å². The maximum Gasteiger partial charge on any atom is 0.407 e. The highest BCUT2D eigenvalue weighted by atomic mass is 127. The van der Waals surface area contributed by atoms with E-state index >= 15 is 0 Å². The van der Waals surface area contributed by atoms with Crippen LogP contribution < -0.4 is 16.0 Å². The van der Waals surface area contributed by atoms with Crippen LogP contribution >= 0.6 is 24.0 Å². The number of alkyl carbamates (subject to hydrolysis) is 1. The molecule has 0 atom stereocenters. The zero-order valence-electron chi connectivity index (χ0n) is 17.1. The zero-order chi connectivity index (χ0) is 19.9. The standard InChI is InChI=1S/C20H31FN4O2.HI/c1-5-22-17(23-11-12-24-18(26)27-19(2,3)4)25-14-20(9-10-20)15-7-6-8-16(21)13-15;/h6-8,13H,5,9-12,14H2,1-4H3,(H,24,26)(H2,22,23,25);1H. The first-order chi connectivity index (χ1) is 12.7. The molecule has 0 spiro atoms. The highest BCUT2D eigenvalue weighted by molar-refractivity contribution is 14.0. The van der Waals surface area contributed by atoms with Gasteiger partial charge in [-0.05, 0) is 58.2 Å². The van der Waals surface area contributed by atoms with Gasteiger partial charge in [-0.3, -0.25) is 4.99 Å². The minimum Gasteiger partial charge on any atom is -0.444 e. The molecule has 28 heavy (non-hydrogen) atoms. The van der Waals surface area contributed by atoms with Gasteiger partial charge < -0.3 is 20.7 Å². The van der Waals surface area contributed by atoms with Gasteiger partial charge in [-0.25, -0.2) is 9.18 Å². The van der Waals surface area contributed by atoms with Crippen LogP contribution in [0.15, 0.2) is 29.3 Å². The monoisotopic (exact) mass is 506 g/mol. The Kier molecular flexibility index (Phi) is 9.46. The molecule has 0 unspecified atom stereocenters. The topological polar surface area (TPSA) is 74.8 Å². The molecule has 0 aliphatic heterocycles. The van der Waals surface area contributed by atoms with Gasteiger partial charge in [0.15, 0.2) is 5.96 Å². The normalized spacial score (nSPS) is 15.2. The molecule has 1 aliphatic carbocycles. The molecule has 0 aromatic heterocycles. The number of hydrogen-bond donors (Lipinski definition) is 3. The second-order valence-electron chi connectivity index (χ2n) is 7.84. The van der Waals surface area contributed by atoms with Crippen LogP contribution in [0.1, 0.15) is 46.1 Å². The number of guanidine groups is 1. The lowest BCUT2D eigenvalue weighted by molar-refractivity contribution is 0.0529. The summed E-state index contributed by atoms with van der Waals surface area (Å²) < 4.78 is 18.7. The summed E-state index contributed by atoms with van der Waals surface area (Å²) in [7, 11) is 0. The molecule has 3 N–H and O–H groups in total. The second kappa shape index (κ2) is 10.8. The molecule has 1 aromatic rings. The average molecular weight is 506 g/mol. The number of halogens is 2. The lowest BCUT2D eigenvalue weighted by Gasteiger charge is -2.20. The number of benzene rings is 1. The Balaban J connectivity index is 0.00000392. The van der Waals surface area contributed by atoms with E-state index in [0.29, 0.717) is 25.6 Å². The Morgan fingerprint density at radius 2 is 1.89 bits per heavy atom. The Hall–Kier alpha value is -1.58. The van der Waals surface area contributed by atoms with Crippen LogP contribution in [0.25, 0.3) is 0 Å². The van der Waals surface area contributed by atoms with Gasteiger partial charge in [-0.15, -0.1) is 24.0 Å². The molecule has 1 fully saturated rings. The van der Waals surface area contributed by atoms with Crippen molar-refractivity contribution in [2.45, 2.75) is 51.6 Å². The van der Waals surface area contributed by atoms with E-state index in [4.69, 9.17) is 4.74 Å². The maximum atomic E-state index is 13.5. The minimum atomic E-state index is -0.511. The summed E-state index contributed by atoms with van der Waals surface area (Å²) in [6.07, 6.45) is 1.59. The molecule has 0 heterocycles. The Bertz CT molecular complexity index is 672. The fourth-order valence-corrected chi connectivity index (χ4v) is 2.74. The van der Waals surface area contributed by atoms with E-state index in [2.05, 4.69) is 20.9 Å². The quantitative estimate of drug-likeness (QED) is 0.229. The number of amides is 1. The SMILES string of the molecule is CCNC(=NCC1(c2cccc(F)c2)CC1)NCCNC(=O)OC(C)(C)C.I. The first kappa shape index (κ1) is 24.5. The zero-order valence-corrected chi connectivity index (χ0v) is 19.4. The summed E-state index contributed by atoms with van der Waals surface area (Å²) in [6.45, 7) is 9.76. The molecule has 1 amide bonds. The summed E-state index contributed by atoms with van der Waals surface area (Å²) in [5, 5.41) is 9.09. The van der Waals surface area contributed by atoms with Crippen molar-refractivity contribution in [1.29, 1.82) is 0 Å². The van der Waals surface area contributed by atoms with E-state index in [0.717, 1.165) is 24.9 Å². The van der Waals surface area contributed by atoms with Crippen LogP contribution in [-0.4, -0.2) is 43.8 Å². The van der Waals surface area contributed by atoms with Crippen LogP contribution in [0, 0.1) is 5.82 Å². The van der Waals surface area contributed by atoms with Gasteiger partial charge in [-0.1, -0.05) is 12.1 Å². The van der Waals surface area contributed by atoms with Crippen molar-refractivity contribution in [3.8, 4) is 0 Å². The van der Waals surface area contributed by atoms with Gasteiger partial charge in [0.25, 0.3) is 0 Å². The molecular weight excluding hydrogens is 474 g/mol. The van der Waals surface area contributed by atoms with Crippen molar-refractivity contribution < 1.29 is 13.9 Å². The predicted molar refractivity (Wildman–Crippen MR) is 121 cm³/mol. The van der Waals surface area contributed by atoms with Crippen molar-refractivity contribution in [3.05, 3.63) is 35.6 Å². The van der Waals surface area contributed by atoms with Crippen LogP contribution in [-0.2, 0) is 10.2 Å². The smallest absolute Gasteiger partial charge is 0.407 e. The maximum absolute atomic E-state index is 13.5. The molecule has 8 heteroatoms. The number of nitrogens with one attached hydrogen (secondary N) is 3. The largest absolute Gasteiger partial charge is 0.444 e. The van der Waals surface area contributed by atoms with Crippen molar-refractivity contribution in [3.63, 3.8) is 0 Å². The molecule has 0 saturated heterocycles. The lowest BCUT2D eigenvalue weighted by atomic mass is 9.96. The van der Waals surface area contributed by atoms with Crippen LogP contribution in [0.3, 0.4) is 0 Å². The van der Waals surface area contributed by atoms with Crippen molar-refractivity contribution in [1.82, 2.24) is 16.0 Å². The third kappa shape index (κ3) is 8.20. The molecule has 1 aromatic carbocycles. The number of carbonyl (C=O) groups is 1. The van der Waals surface area contributed by atoms with Gasteiger partial charge >= 0.3 is 6.09 Å². The fourth-order valence-electron chi connectivity index (χ4n) is 2.74. The summed E-state index contributed by atoms with van der Waals surface area (Å²) in [5.74, 6) is 0.479. The summed E-state index contributed by atoms with van der Waals surface area (Å²) in [5.41, 5.74) is 0.441. The molecule has 1 aliphatic rings. The van der Waals surface area contributed by atoms with Gasteiger partial charge in [0, 0.05) is 25.0 Å². The third-order valence-electron chi connectivity index (χ3n) is 4.26. The van der Waals surface area contributed by atoms with Crippen molar-refractivity contribution in [2.24, 2.45) is 4.99 Å². The van der Waals surface area contributed by atoms with Crippen LogP contribution in [0.5, 0.6) is 0 Å². The Labute approximate surface area is 184 Å². The number of aliphatic imine (C=N–C) groups is 1. The second-order valence-corrected chi connectivity index (χ2v) is 7.84. The van der Waals surface area contributed by atoms with Crippen molar-refractivity contribution in [2.75, 3.05) is 26.2 Å². The number of nitrogens with zero attached hydrogens (tertiary/aromatic N) is 1. The predicted octanol–water partition coefficient (Wildman–Crippen LogP) is 3.56. The van der Waals surface area contributed by atoms with E-state index in [1.54, 1.807) is 12.1 Å². The van der Waals surface area contributed by atoms with Crippen LogP contribution in [0.4, 0.5) is 9.18 Å². The highest BCUT2D eigenvalue weighted by Crippen LogP contribution is 2.48. The summed E-state index contributed by atoms with van der Waals surface area (Å²) in [4.78, 5) is 16.3. The Morgan fingerprint density at radius 1 is 1.21 bits per heavy atom.